The van der Waals surface area contributed by atoms with Gasteiger partial charge < -0.3 is 0 Å². The predicted octanol–water partition coefficient (Wildman–Crippen LogP) is 4.32. The van der Waals surface area contributed by atoms with Gasteiger partial charge in [-0.15, -0.1) is 0 Å². The molecular weight excluding hydrogens is 252 g/mol. The van der Waals surface area contributed by atoms with E-state index < -0.39 is 0 Å². The van der Waals surface area contributed by atoms with Gasteiger partial charge in [0, 0.05) is 5.56 Å². The van der Waals surface area contributed by atoms with Gasteiger partial charge in [-0.05, 0) is 18.6 Å². The molecule has 0 spiro atoms. The number of thiazole rings is 1. The molecule has 0 atom stereocenters. The Balaban J connectivity index is 2.24. The second-order valence-electron chi connectivity index (χ2n) is 3.80. The molecule has 4 heteroatoms. The Labute approximate surface area is 108 Å². The van der Waals surface area contributed by atoms with Crippen LogP contribution >= 0.6 is 22.9 Å². The molecule has 17 heavy (non-hydrogen) atoms. The number of halogens is 1. The molecule has 0 radical (unpaired) electrons. The Hall–Kier alpha value is -1.45. The van der Waals surface area contributed by atoms with Gasteiger partial charge in [0.1, 0.15) is 20.5 Å². The molecule has 0 bridgehead atoms. The van der Waals surface area contributed by atoms with Gasteiger partial charge in [-0.25, -0.2) is 9.97 Å². The van der Waals surface area contributed by atoms with Gasteiger partial charge in [-0.3, -0.25) is 0 Å². The van der Waals surface area contributed by atoms with Crippen LogP contribution in [0, 0.1) is 6.92 Å². The van der Waals surface area contributed by atoms with Gasteiger partial charge in [-0.2, -0.15) is 0 Å². The van der Waals surface area contributed by atoms with E-state index in [2.05, 4.69) is 22.1 Å². The zero-order chi connectivity index (χ0) is 11.8. The van der Waals surface area contributed by atoms with E-state index in [0.717, 1.165) is 26.5 Å². The van der Waals surface area contributed by atoms with E-state index in [-0.39, 0.29) is 0 Å². The fraction of sp³-hybridized carbons (Fsp3) is 0.0769. The minimum Gasteiger partial charge on any atom is -0.234 e. The summed E-state index contributed by atoms with van der Waals surface area (Å²) >= 11 is 7.52. The Morgan fingerprint density at radius 2 is 1.88 bits per heavy atom. The third kappa shape index (κ3) is 1.92. The van der Waals surface area contributed by atoms with Crippen molar-refractivity contribution in [3.63, 3.8) is 0 Å². The number of benzene rings is 1. The topological polar surface area (TPSA) is 25.8 Å². The van der Waals surface area contributed by atoms with Crippen LogP contribution in [0.4, 0.5) is 0 Å². The monoisotopic (exact) mass is 260 g/mol. The first-order valence-electron chi connectivity index (χ1n) is 5.23. The van der Waals surface area contributed by atoms with Crippen LogP contribution in [-0.4, -0.2) is 9.97 Å². The summed E-state index contributed by atoms with van der Waals surface area (Å²) in [7, 11) is 0. The van der Waals surface area contributed by atoms with E-state index in [1.165, 1.54) is 0 Å². The van der Waals surface area contributed by atoms with Crippen LogP contribution in [0.5, 0.6) is 0 Å². The molecule has 0 fully saturated rings. The fourth-order valence-corrected chi connectivity index (χ4v) is 3.04. The summed E-state index contributed by atoms with van der Waals surface area (Å²) in [6.45, 7) is 2.00. The lowest BCUT2D eigenvalue weighted by atomic mass is 10.2. The minimum atomic E-state index is 0.526. The Bertz CT molecular complexity index is 676. The van der Waals surface area contributed by atoms with E-state index >= 15 is 0 Å². The van der Waals surface area contributed by atoms with Gasteiger partial charge in [0.15, 0.2) is 0 Å². The molecule has 2 heterocycles. The normalized spacial score (nSPS) is 10.9. The molecule has 1 aromatic carbocycles. The average molecular weight is 261 g/mol. The van der Waals surface area contributed by atoms with Gasteiger partial charge in [0.05, 0.1) is 0 Å². The fourth-order valence-electron chi connectivity index (χ4n) is 1.73. The highest BCUT2D eigenvalue weighted by molar-refractivity contribution is 7.21. The number of hydrogen-bond donors (Lipinski definition) is 0. The van der Waals surface area contributed by atoms with Crippen molar-refractivity contribution in [2.45, 2.75) is 6.92 Å². The summed E-state index contributed by atoms with van der Waals surface area (Å²) in [5.74, 6) is 0. The van der Waals surface area contributed by atoms with E-state index in [1.807, 2.05) is 31.2 Å². The Kier molecular flexibility index (Phi) is 2.57. The van der Waals surface area contributed by atoms with Crippen molar-refractivity contribution >= 4 is 33.3 Å². The summed E-state index contributed by atoms with van der Waals surface area (Å²) in [5.41, 5.74) is 3.13. The van der Waals surface area contributed by atoms with E-state index in [1.54, 1.807) is 11.3 Å². The van der Waals surface area contributed by atoms with Crippen molar-refractivity contribution < 1.29 is 0 Å². The van der Waals surface area contributed by atoms with Crippen molar-refractivity contribution in [2.24, 2.45) is 0 Å². The summed E-state index contributed by atoms with van der Waals surface area (Å²) in [4.78, 5) is 9.82. The highest BCUT2D eigenvalue weighted by Gasteiger charge is 2.09. The lowest BCUT2D eigenvalue weighted by molar-refractivity contribution is 1.35. The van der Waals surface area contributed by atoms with Crippen LogP contribution in [0.2, 0.25) is 5.15 Å². The van der Waals surface area contributed by atoms with Crippen molar-refractivity contribution in [1.29, 1.82) is 0 Å². The number of aryl methyl sites for hydroxylation is 1. The zero-order valence-electron chi connectivity index (χ0n) is 9.14. The standard InChI is InChI=1S/C13H9ClN2S/c1-8-7-10(14)15-13-11(8)16-12(17-13)9-5-3-2-4-6-9/h2-7H,1H3. The molecule has 0 saturated carbocycles. The van der Waals surface area contributed by atoms with Crippen molar-refractivity contribution in [3.8, 4) is 10.6 Å². The van der Waals surface area contributed by atoms with Crippen LogP contribution in [0.3, 0.4) is 0 Å². The van der Waals surface area contributed by atoms with Crippen molar-refractivity contribution in [2.75, 3.05) is 0 Å². The molecular formula is C13H9ClN2S. The van der Waals surface area contributed by atoms with Gasteiger partial charge in [0.25, 0.3) is 0 Å². The second kappa shape index (κ2) is 4.09. The molecule has 0 saturated heterocycles. The first kappa shape index (κ1) is 10.7. The largest absolute Gasteiger partial charge is 0.234 e. The number of nitrogens with zero attached hydrogens (tertiary/aromatic N) is 2. The number of rotatable bonds is 1. The lowest BCUT2D eigenvalue weighted by Gasteiger charge is -1.94. The summed E-state index contributed by atoms with van der Waals surface area (Å²) < 4.78 is 0. The average Bonchev–Trinajstić information content (AvgIpc) is 2.74. The third-order valence-electron chi connectivity index (χ3n) is 2.55. The molecule has 2 nitrogen and oxygen atoms in total. The van der Waals surface area contributed by atoms with Gasteiger partial charge >= 0.3 is 0 Å². The molecule has 0 aliphatic rings. The summed E-state index contributed by atoms with van der Waals surface area (Å²) in [5, 5.41) is 1.51. The van der Waals surface area contributed by atoms with Crippen LogP contribution in [0.15, 0.2) is 36.4 Å². The van der Waals surface area contributed by atoms with Crippen molar-refractivity contribution in [1.82, 2.24) is 9.97 Å². The SMILES string of the molecule is Cc1cc(Cl)nc2sc(-c3ccccc3)nc12. The van der Waals surface area contributed by atoms with Crippen molar-refractivity contribution in [3.05, 3.63) is 47.1 Å². The van der Waals surface area contributed by atoms with Gasteiger partial charge in [-0.1, -0.05) is 53.3 Å². The molecule has 0 amide bonds. The van der Waals surface area contributed by atoms with Crippen LogP contribution in [0.25, 0.3) is 20.9 Å². The third-order valence-corrected chi connectivity index (χ3v) is 3.74. The number of hydrogen-bond acceptors (Lipinski definition) is 3. The van der Waals surface area contributed by atoms with Crippen LogP contribution < -0.4 is 0 Å². The van der Waals surface area contributed by atoms with E-state index in [9.17, 15) is 0 Å². The number of aromatic nitrogens is 2. The Morgan fingerprint density at radius 3 is 2.65 bits per heavy atom. The zero-order valence-corrected chi connectivity index (χ0v) is 10.7. The molecule has 84 valence electrons. The van der Waals surface area contributed by atoms with E-state index in [4.69, 9.17) is 11.6 Å². The molecule has 0 unspecified atom stereocenters. The molecule has 2 aromatic heterocycles. The predicted molar refractivity (Wildman–Crippen MR) is 72.6 cm³/mol. The maximum absolute atomic E-state index is 5.95. The first-order valence-corrected chi connectivity index (χ1v) is 6.42. The van der Waals surface area contributed by atoms with Crippen LogP contribution in [0.1, 0.15) is 5.56 Å². The number of pyridine rings is 1. The number of fused-ring (bicyclic) bond motifs is 1. The quantitative estimate of drug-likeness (QED) is 0.609. The van der Waals surface area contributed by atoms with Gasteiger partial charge in [0.2, 0.25) is 0 Å². The highest BCUT2D eigenvalue weighted by Crippen LogP contribution is 2.31. The van der Waals surface area contributed by atoms with Crippen LogP contribution in [-0.2, 0) is 0 Å². The smallest absolute Gasteiger partial charge is 0.145 e. The second-order valence-corrected chi connectivity index (χ2v) is 5.17. The molecule has 3 rings (SSSR count). The Morgan fingerprint density at radius 1 is 1.12 bits per heavy atom. The lowest BCUT2D eigenvalue weighted by Crippen LogP contribution is -1.81. The minimum absolute atomic E-state index is 0.526. The molecule has 0 aliphatic carbocycles. The summed E-state index contributed by atoms with van der Waals surface area (Å²) in [6, 6.07) is 12.0. The maximum Gasteiger partial charge on any atom is 0.145 e. The van der Waals surface area contributed by atoms with E-state index in [0.29, 0.717) is 5.15 Å². The first-order chi connectivity index (χ1) is 8.24. The molecule has 0 N–H and O–H groups in total. The summed E-state index contributed by atoms with van der Waals surface area (Å²) in [6.07, 6.45) is 0. The maximum atomic E-state index is 5.95. The highest BCUT2D eigenvalue weighted by atomic mass is 35.5. The molecule has 3 aromatic rings. The molecule has 0 aliphatic heterocycles.